The van der Waals surface area contributed by atoms with Gasteiger partial charge in [-0.05, 0) is 18.2 Å². The summed E-state index contributed by atoms with van der Waals surface area (Å²) < 4.78 is 5.07. The lowest BCUT2D eigenvalue weighted by Gasteiger charge is -2.02. The molecule has 2 unspecified atom stereocenters. The SMILES string of the molecule is NC1=CC2(N)OC2C=C1. The first-order valence-corrected chi connectivity index (χ1v) is 2.84. The highest BCUT2D eigenvalue weighted by atomic mass is 16.6. The zero-order valence-corrected chi connectivity index (χ0v) is 4.87. The molecule has 48 valence electrons. The van der Waals surface area contributed by atoms with E-state index in [1.54, 1.807) is 6.08 Å². The van der Waals surface area contributed by atoms with Crippen LogP contribution in [0.3, 0.4) is 0 Å². The number of rotatable bonds is 0. The average Bonchev–Trinajstić information content (AvgIpc) is 2.38. The van der Waals surface area contributed by atoms with Gasteiger partial charge in [0, 0.05) is 5.70 Å². The third-order valence-electron chi connectivity index (χ3n) is 1.57. The molecule has 1 heterocycles. The molecule has 1 saturated heterocycles. The maximum atomic E-state index is 5.61. The normalized spacial score (nSPS) is 45.9. The quantitative estimate of drug-likeness (QED) is 0.426. The Kier molecular flexibility index (Phi) is 0.668. The summed E-state index contributed by atoms with van der Waals surface area (Å²) in [4.78, 5) is 0. The largest absolute Gasteiger partial charge is 0.399 e. The lowest BCUT2D eigenvalue weighted by atomic mass is 10.1. The van der Waals surface area contributed by atoms with Crippen LogP contribution in [0.15, 0.2) is 23.9 Å². The predicted octanol–water partition coefficient (Wildman–Crippen LogP) is -0.547. The van der Waals surface area contributed by atoms with E-state index in [0.29, 0.717) is 5.70 Å². The molecular weight excluding hydrogens is 116 g/mol. The Bertz CT molecular complexity index is 209. The molecule has 1 aliphatic heterocycles. The Balaban J connectivity index is 2.34. The van der Waals surface area contributed by atoms with Gasteiger partial charge in [0.25, 0.3) is 0 Å². The van der Waals surface area contributed by atoms with Gasteiger partial charge in [0.05, 0.1) is 0 Å². The van der Waals surface area contributed by atoms with Crippen molar-refractivity contribution < 1.29 is 4.74 Å². The first-order valence-electron chi connectivity index (χ1n) is 2.84. The fraction of sp³-hybridized carbons (Fsp3) is 0.333. The molecule has 2 atom stereocenters. The Hall–Kier alpha value is -0.800. The van der Waals surface area contributed by atoms with Crippen molar-refractivity contribution in [2.45, 2.75) is 11.8 Å². The van der Waals surface area contributed by atoms with Crippen LogP contribution < -0.4 is 11.5 Å². The molecule has 0 amide bonds. The van der Waals surface area contributed by atoms with Gasteiger partial charge in [-0.2, -0.15) is 0 Å². The highest BCUT2D eigenvalue weighted by Gasteiger charge is 2.51. The van der Waals surface area contributed by atoms with Gasteiger partial charge < -0.3 is 10.5 Å². The Morgan fingerprint density at radius 1 is 1.67 bits per heavy atom. The third-order valence-corrected chi connectivity index (χ3v) is 1.57. The van der Waals surface area contributed by atoms with Crippen LogP contribution in [0, 0.1) is 0 Å². The van der Waals surface area contributed by atoms with Crippen molar-refractivity contribution in [3.05, 3.63) is 23.9 Å². The minimum atomic E-state index is -0.557. The first-order chi connectivity index (χ1) is 4.21. The number of nitrogens with two attached hydrogens (primary N) is 2. The van der Waals surface area contributed by atoms with Crippen molar-refractivity contribution in [3.63, 3.8) is 0 Å². The van der Waals surface area contributed by atoms with Crippen LogP contribution in [0.1, 0.15) is 0 Å². The minimum absolute atomic E-state index is 0.0739. The maximum Gasteiger partial charge on any atom is 0.169 e. The maximum absolute atomic E-state index is 5.61. The predicted molar refractivity (Wildman–Crippen MR) is 33.2 cm³/mol. The van der Waals surface area contributed by atoms with Gasteiger partial charge in [0.1, 0.15) is 6.10 Å². The van der Waals surface area contributed by atoms with Crippen molar-refractivity contribution in [1.82, 2.24) is 0 Å². The molecule has 0 aromatic rings. The molecule has 4 N–H and O–H groups in total. The first kappa shape index (κ1) is 5.02. The molecule has 0 spiro atoms. The molecule has 3 nitrogen and oxygen atoms in total. The van der Waals surface area contributed by atoms with Gasteiger partial charge in [-0.15, -0.1) is 0 Å². The molecular formula is C6H8N2O. The second-order valence-corrected chi connectivity index (χ2v) is 2.40. The molecule has 2 aliphatic rings. The molecule has 0 radical (unpaired) electrons. The second kappa shape index (κ2) is 1.20. The van der Waals surface area contributed by atoms with Crippen LogP contribution >= 0.6 is 0 Å². The van der Waals surface area contributed by atoms with Crippen LogP contribution in [0.2, 0.25) is 0 Å². The number of epoxide rings is 1. The van der Waals surface area contributed by atoms with E-state index in [9.17, 15) is 0 Å². The topological polar surface area (TPSA) is 64.6 Å². The van der Waals surface area contributed by atoms with E-state index in [1.807, 2.05) is 12.2 Å². The van der Waals surface area contributed by atoms with E-state index in [1.165, 1.54) is 0 Å². The Morgan fingerprint density at radius 2 is 2.44 bits per heavy atom. The third kappa shape index (κ3) is 0.588. The van der Waals surface area contributed by atoms with Crippen molar-refractivity contribution >= 4 is 0 Å². The number of hydrogen-bond donors (Lipinski definition) is 2. The van der Waals surface area contributed by atoms with Gasteiger partial charge in [-0.25, -0.2) is 0 Å². The van der Waals surface area contributed by atoms with E-state index in [0.717, 1.165) is 0 Å². The molecule has 0 saturated carbocycles. The average molecular weight is 124 g/mol. The summed E-state index contributed by atoms with van der Waals surface area (Å²) >= 11 is 0. The van der Waals surface area contributed by atoms with Crippen molar-refractivity contribution in [1.29, 1.82) is 0 Å². The number of allylic oxidation sites excluding steroid dienone is 1. The summed E-state index contributed by atoms with van der Waals surface area (Å²) in [6.45, 7) is 0. The highest BCUT2D eigenvalue weighted by Crippen LogP contribution is 2.36. The second-order valence-electron chi connectivity index (χ2n) is 2.40. The molecule has 0 aromatic carbocycles. The van der Waals surface area contributed by atoms with E-state index < -0.39 is 5.72 Å². The minimum Gasteiger partial charge on any atom is -0.399 e. The Morgan fingerprint density at radius 3 is 3.00 bits per heavy atom. The van der Waals surface area contributed by atoms with Crippen molar-refractivity contribution in [2.24, 2.45) is 11.5 Å². The number of ether oxygens (including phenoxy) is 1. The van der Waals surface area contributed by atoms with Gasteiger partial charge in [0.2, 0.25) is 0 Å². The molecule has 0 aromatic heterocycles. The molecule has 1 aliphatic carbocycles. The molecule has 0 bridgehead atoms. The zero-order chi connectivity index (χ0) is 6.48. The Labute approximate surface area is 53.0 Å². The summed E-state index contributed by atoms with van der Waals surface area (Å²) in [7, 11) is 0. The summed E-state index contributed by atoms with van der Waals surface area (Å²) in [5, 5.41) is 0. The van der Waals surface area contributed by atoms with Crippen LogP contribution in [0.4, 0.5) is 0 Å². The number of fused-ring (bicyclic) bond motifs is 1. The fourth-order valence-corrected chi connectivity index (χ4v) is 0.999. The monoisotopic (exact) mass is 124 g/mol. The lowest BCUT2D eigenvalue weighted by Crippen LogP contribution is -2.26. The summed E-state index contributed by atoms with van der Waals surface area (Å²) in [5.74, 6) is 0. The van der Waals surface area contributed by atoms with E-state index in [4.69, 9.17) is 16.2 Å². The summed E-state index contributed by atoms with van der Waals surface area (Å²) in [5.41, 5.74) is 11.2. The van der Waals surface area contributed by atoms with Gasteiger partial charge in [-0.1, -0.05) is 0 Å². The standard InChI is InChI=1S/C6H8N2O/c7-4-1-2-5-6(8,3-4)9-5/h1-3,5H,7-8H2. The van der Waals surface area contributed by atoms with Gasteiger partial charge in [-0.3, -0.25) is 5.73 Å². The fourth-order valence-electron chi connectivity index (χ4n) is 0.999. The van der Waals surface area contributed by atoms with Crippen LogP contribution in [0.5, 0.6) is 0 Å². The number of hydrogen-bond acceptors (Lipinski definition) is 3. The van der Waals surface area contributed by atoms with Gasteiger partial charge in [0.15, 0.2) is 5.72 Å². The van der Waals surface area contributed by atoms with E-state index in [-0.39, 0.29) is 6.10 Å². The lowest BCUT2D eigenvalue weighted by molar-refractivity contribution is 0.347. The van der Waals surface area contributed by atoms with E-state index in [2.05, 4.69) is 0 Å². The highest BCUT2D eigenvalue weighted by molar-refractivity contribution is 5.34. The van der Waals surface area contributed by atoms with Crippen LogP contribution in [-0.4, -0.2) is 11.8 Å². The summed E-state index contributed by atoms with van der Waals surface area (Å²) in [6, 6.07) is 0. The summed E-state index contributed by atoms with van der Waals surface area (Å²) in [6.07, 6.45) is 5.49. The molecule has 2 rings (SSSR count). The molecule has 3 heteroatoms. The smallest absolute Gasteiger partial charge is 0.169 e. The van der Waals surface area contributed by atoms with Crippen molar-refractivity contribution in [3.8, 4) is 0 Å². The van der Waals surface area contributed by atoms with Crippen LogP contribution in [0.25, 0.3) is 0 Å². The van der Waals surface area contributed by atoms with Gasteiger partial charge >= 0.3 is 0 Å². The molecule has 1 fully saturated rings. The zero-order valence-electron chi connectivity index (χ0n) is 4.87. The van der Waals surface area contributed by atoms with E-state index >= 15 is 0 Å². The van der Waals surface area contributed by atoms with Crippen LogP contribution in [-0.2, 0) is 4.74 Å². The molecule has 9 heavy (non-hydrogen) atoms. The van der Waals surface area contributed by atoms with Crippen molar-refractivity contribution in [2.75, 3.05) is 0 Å².